The van der Waals surface area contributed by atoms with Gasteiger partial charge in [-0.1, -0.05) is 24.3 Å². The molecule has 4 rings (SSSR count). The van der Waals surface area contributed by atoms with Crippen LogP contribution in [0.25, 0.3) is 11.0 Å². The first-order valence-electron chi connectivity index (χ1n) is 10.6. The minimum Gasteiger partial charge on any atom is -0.469 e. The predicted octanol–water partition coefficient (Wildman–Crippen LogP) is 3.19. The van der Waals surface area contributed by atoms with E-state index in [4.69, 9.17) is 4.42 Å². The first kappa shape index (κ1) is 21.4. The highest BCUT2D eigenvalue weighted by Crippen LogP contribution is 2.13. The lowest BCUT2D eigenvalue weighted by Gasteiger charge is -2.15. The van der Waals surface area contributed by atoms with Gasteiger partial charge in [-0.25, -0.2) is 0 Å². The fraction of sp³-hybridized carbons (Fsp3) is 0.240. The second-order valence-electron chi connectivity index (χ2n) is 7.78. The average molecular weight is 431 g/mol. The third-order valence-corrected chi connectivity index (χ3v) is 5.47. The van der Waals surface area contributed by atoms with Crippen LogP contribution in [-0.2, 0) is 19.5 Å². The van der Waals surface area contributed by atoms with E-state index < -0.39 is 11.1 Å². The lowest BCUT2D eigenvalue weighted by Crippen LogP contribution is -2.41. The van der Waals surface area contributed by atoms with Crippen LogP contribution in [0.15, 0.2) is 80.9 Å². The summed E-state index contributed by atoms with van der Waals surface area (Å²) in [5.74, 6) is 0.638. The summed E-state index contributed by atoms with van der Waals surface area (Å²) in [4.78, 5) is 37.9. The summed E-state index contributed by atoms with van der Waals surface area (Å²) in [6.45, 7) is 4.44. The number of carbonyl (C=O) groups is 1. The van der Waals surface area contributed by atoms with Crippen molar-refractivity contribution >= 4 is 16.9 Å². The molecule has 0 bridgehead atoms. The maximum Gasteiger partial charge on any atom is 0.317 e. The van der Waals surface area contributed by atoms with E-state index >= 15 is 0 Å². The number of nitrogens with one attached hydrogen (secondary N) is 1. The topological polar surface area (TPSA) is 86.2 Å². The third kappa shape index (κ3) is 4.27. The molecule has 7 nitrogen and oxygen atoms in total. The molecule has 164 valence electrons. The summed E-state index contributed by atoms with van der Waals surface area (Å²) in [7, 11) is 0. The van der Waals surface area contributed by atoms with Gasteiger partial charge in [-0.15, -0.1) is 0 Å². The van der Waals surface area contributed by atoms with E-state index in [1.165, 1.54) is 9.13 Å². The van der Waals surface area contributed by atoms with Crippen LogP contribution in [0, 0.1) is 0 Å². The molecule has 1 atom stereocenters. The minimum absolute atomic E-state index is 0.0803. The van der Waals surface area contributed by atoms with Crippen LogP contribution in [0.4, 0.5) is 0 Å². The lowest BCUT2D eigenvalue weighted by atomic mass is 10.1. The molecule has 0 saturated carbocycles. The van der Waals surface area contributed by atoms with E-state index in [1.54, 1.807) is 30.5 Å². The van der Waals surface area contributed by atoms with Crippen LogP contribution < -0.4 is 16.4 Å². The van der Waals surface area contributed by atoms with Crippen molar-refractivity contribution in [2.75, 3.05) is 0 Å². The van der Waals surface area contributed by atoms with Crippen molar-refractivity contribution in [1.82, 2.24) is 14.5 Å². The Morgan fingerprint density at radius 3 is 2.22 bits per heavy atom. The Morgan fingerprint density at radius 2 is 1.59 bits per heavy atom. The number of fused-ring (bicyclic) bond motifs is 1. The molecular formula is C25H25N3O4. The SMILES string of the molecule is CCn1c(=O)c(=O)n(Cc2ccc(C(=O)NC(C)Cc3ccco3)cc2)c2ccccc21. The molecule has 0 aliphatic carbocycles. The minimum atomic E-state index is -0.556. The van der Waals surface area contributed by atoms with Crippen molar-refractivity contribution in [3.63, 3.8) is 0 Å². The number of nitrogens with zero attached hydrogens (tertiary/aromatic N) is 2. The van der Waals surface area contributed by atoms with E-state index in [-0.39, 0.29) is 18.5 Å². The highest BCUT2D eigenvalue weighted by atomic mass is 16.3. The highest BCUT2D eigenvalue weighted by Gasteiger charge is 2.14. The van der Waals surface area contributed by atoms with Crippen molar-refractivity contribution in [2.24, 2.45) is 0 Å². The maximum atomic E-state index is 12.8. The Balaban J connectivity index is 1.54. The van der Waals surface area contributed by atoms with Gasteiger partial charge in [0.05, 0.1) is 23.8 Å². The van der Waals surface area contributed by atoms with Gasteiger partial charge in [-0.2, -0.15) is 0 Å². The normalized spacial score (nSPS) is 12.1. The second kappa shape index (κ2) is 9.09. The molecule has 2 aromatic heterocycles. The second-order valence-corrected chi connectivity index (χ2v) is 7.78. The number of benzene rings is 2. The summed E-state index contributed by atoms with van der Waals surface area (Å²) in [5, 5.41) is 2.96. The number of amides is 1. The monoisotopic (exact) mass is 431 g/mol. The number of aryl methyl sites for hydroxylation is 1. The molecule has 2 aromatic carbocycles. The number of carbonyl (C=O) groups excluding carboxylic acids is 1. The molecule has 0 fully saturated rings. The Hall–Kier alpha value is -3.87. The molecule has 4 aromatic rings. The molecule has 0 radical (unpaired) electrons. The zero-order chi connectivity index (χ0) is 22.7. The smallest absolute Gasteiger partial charge is 0.317 e. The summed E-state index contributed by atoms with van der Waals surface area (Å²) in [6.07, 6.45) is 2.22. The van der Waals surface area contributed by atoms with Gasteiger partial charge in [-0.05, 0) is 55.8 Å². The Morgan fingerprint density at radius 1 is 0.938 bits per heavy atom. The van der Waals surface area contributed by atoms with Gasteiger partial charge in [-0.3, -0.25) is 19.0 Å². The van der Waals surface area contributed by atoms with Crippen LogP contribution >= 0.6 is 0 Å². The highest BCUT2D eigenvalue weighted by molar-refractivity contribution is 5.94. The molecule has 7 heteroatoms. The van der Waals surface area contributed by atoms with Gasteiger partial charge in [0.15, 0.2) is 0 Å². The lowest BCUT2D eigenvalue weighted by molar-refractivity contribution is 0.0939. The van der Waals surface area contributed by atoms with Crippen molar-refractivity contribution in [2.45, 2.75) is 39.4 Å². The third-order valence-electron chi connectivity index (χ3n) is 5.47. The van der Waals surface area contributed by atoms with Crippen LogP contribution in [-0.4, -0.2) is 21.1 Å². The van der Waals surface area contributed by atoms with Crippen molar-refractivity contribution in [3.8, 4) is 0 Å². The van der Waals surface area contributed by atoms with Crippen LogP contribution in [0.5, 0.6) is 0 Å². The number of aromatic nitrogens is 2. The molecule has 0 saturated heterocycles. The van der Waals surface area contributed by atoms with Gasteiger partial charge >= 0.3 is 11.1 Å². The molecule has 1 unspecified atom stereocenters. The largest absolute Gasteiger partial charge is 0.469 e. The fourth-order valence-corrected chi connectivity index (χ4v) is 3.87. The van der Waals surface area contributed by atoms with Gasteiger partial charge in [0, 0.05) is 24.6 Å². The molecule has 32 heavy (non-hydrogen) atoms. The van der Waals surface area contributed by atoms with Crippen LogP contribution in [0.3, 0.4) is 0 Å². The number of furan rings is 1. The zero-order valence-corrected chi connectivity index (χ0v) is 18.1. The average Bonchev–Trinajstić information content (AvgIpc) is 3.30. The molecule has 1 N–H and O–H groups in total. The first-order chi connectivity index (χ1) is 15.5. The predicted molar refractivity (Wildman–Crippen MR) is 123 cm³/mol. The van der Waals surface area contributed by atoms with E-state index in [0.717, 1.165) is 16.8 Å². The molecule has 0 aliphatic rings. The number of para-hydroxylation sites is 2. The zero-order valence-electron chi connectivity index (χ0n) is 18.1. The Labute approximate surface area is 184 Å². The van der Waals surface area contributed by atoms with Crippen LogP contribution in [0.2, 0.25) is 0 Å². The summed E-state index contributed by atoms with van der Waals surface area (Å²) in [5.41, 5.74) is 1.69. The number of hydrogen-bond donors (Lipinski definition) is 1. The Bertz CT molecular complexity index is 1350. The number of rotatable bonds is 7. The van der Waals surface area contributed by atoms with E-state index in [1.807, 2.05) is 50.2 Å². The van der Waals surface area contributed by atoms with Gasteiger partial charge in [0.25, 0.3) is 5.91 Å². The first-order valence-corrected chi connectivity index (χ1v) is 10.6. The van der Waals surface area contributed by atoms with Gasteiger partial charge in [0.1, 0.15) is 5.76 Å². The maximum absolute atomic E-state index is 12.8. The van der Waals surface area contributed by atoms with Gasteiger partial charge < -0.3 is 14.3 Å². The van der Waals surface area contributed by atoms with Crippen molar-refractivity contribution in [3.05, 3.63) is 105 Å². The Kier molecular flexibility index (Phi) is 6.07. The van der Waals surface area contributed by atoms with E-state index in [2.05, 4.69) is 5.32 Å². The molecular weight excluding hydrogens is 406 g/mol. The quantitative estimate of drug-likeness (QED) is 0.456. The molecule has 0 aliphatic heterocycles. The standard InChI is InChI=1S/C25H25N3O4/c1-3-27-21-8-4-5-9-22(21)28(25(31)24(27)30)16-18-10-12-19(13-11-18)23(29)26-17(2)15-20-7-6-14-32-20/h4-14,17H,3,15-16H2,1-2H3,(H,26,29). The summed E-state index contributed by atoms with van der Waals surface area (Å²) in [6, 6.07) is 18.1. The van der Waals surface area contributed by atoms with E-state index in [0.29, 0.717) is 24.0 Å². The number of hydrogen-bond acceptors (Lipinski definition) is 4. The summed E-state index contributed by atoms with van der Waals surface area (Å²) < 4.78 is 8.31. The fourth-order valence-electron chi connectivity index (χ4n) is 3.87. The van der Waals surface area contributed by atoms with Crippen LogP contribution in [0.1, 0.15) is 35.5 Å². The van der Waals surface area contributed by atoms with Gasteiger partial charge in [0.2, 0.25) is 0 Å². The molecule has 2 heterocycles. The van der Waals surface area contributed by atoms with Crippen molar-refractivity contribution < 1.29 is 9.21 Å². The summed E-state index contributed by atoms with van der Waals surface area (Å²) >= 11 is 0. The molecule has 0 spiro atoms. The van der Waals surface area contributed by atoms with Crippen molar-refractivity contribution in [1.29, 1.82) is 0 Å². The molecule has 1 amide bonds. The van der Waals surface area contributed by atoms with E-state index in [9.17, 15) is 14.4 Å².